The second-order valence-electron chi connectivity index (χ2n) is 5.98. The van der Waals surface area contributed by atoms with Crippen LogP contribution in [-0.2, 0) is 0 Å². The normalized spacial score (nSPS) is 11.9. The minimum Gasteiger partial charge on any atom is -0.497 e. The van der Waals surface area contributed by atoms with Crippen molar-refractivity contribution in [3.05, 3.63) is 68.5 Å². The number of thiazole rings is 1. The second kappa shape index (κ2) is 6.85. The van der Waals surface area contributed by atoms with Crippen LogP contribution in [0, 0.1) is 6.92 Å². The smallest absolute Gasteiger partial charge is 0.276 e. The number of nitrogens with zero attached hydrogens (tertiary/aromatic N) is 3. The Kier molecular flexibility index (Phi) is 4.37. The second-order valence-corrected chi connectivity index (χ2v) is 6.99. The van der Waals surface area contributed by atoms with E-state index in [0.717, 1.165) is 16.7 Å². The lowest BCUT2D eigenvalue weighted by Gasteiger charge is -2.06. The number of fused-ring (bicyclic) bond motifs is 1. The molecule has 0 saturated carbocycles. The van der Waals surface area contributed by atoms with E-state index in [9.17, 15) is 4.79 Å². The molecule has 0 saturated heterocycles. The molecule has 27 heavy (non-hydrogen) atoms. The number of aromatic nitrogens is 3. The summed E-state index contributed by atoms with van der Waals surface area (Å²) in [5.41, 5.74) is 2.59. The zero-order chi connectivity index (χ0) is 19.0. The predicted octanol–water partition coefficient (Wildman–Crippen LogP) is 2.69. The fraction of sp³-hybridized carbons (Fsp3) is 0.150. The molecule has 0 aliphatic rings. The molecule has 6 nitrogen and oxygen atoms in total. The quantitative estimate of drug-likeness (QED) is 0.545. The van der Waals surface area contributed by atoms with Crippen molar-refractivity contribution in [2.24, 2.45) is 0 Å². The minimum absolute atomic E-state index is 0.142. The van der Waals surface area contributed by atoms with E-state index in [2.05, 4.69) is 10.2 Å². The number of hydrogen-bond donors (Lipinski definition) is 0. The molecule has 4 rings (SSSR count). The molecule has 0 N–H and O–H groups in total. The molecule has 4 aromatic rings. The molecule has 7 heteroatoms. The first-order chi connectivity index (χ1) is 13.1. The zero-order valence-corrected chi connectivity index (χ0v) is 15.9. The number of aryl methyl sites for hydroxylation is 1. The maximum atomic E-state index is 13.0. The fourth-order valence-corrected chi connectivity index (χ4v) is 3.84. The first-order valence-corrected chi connectivity index (χ1v) is 9.11. The van der Waals surface area contributed by atoms with Crippen molar-refractivity contribution in [1.82, 2.24) is 14.6 Å². The summed E-state index contributed by atoms with van der Waals surface area (Å²) in [4.78, 5) is 13.6. The Morgan fingerprint density at radius 3 is 2.63 bits per heavy atom. The van der Waals surface area contributed by atoms with Gasteiger partial charge in [0.05, 0.1) is 18.8 Å². The van der Waals surface area contributed by atoms with E-state index in [4.69, 9.17) is 9.47 Å². The highest BCUT2D eigenvalue weighted by atomic mass is 32.1. The van der Waals surface area contributed by atoms with Crippen molar-refractivity contribution in [1.29, 1.82) is 0 Å². The number of hydrogen-bond acceptors (Lipinski definition) is 6. The first kappa shape index (κ1) is 17.2. The van der Waals surface area contributed by atoms with Crippen LogP contribution in [0.3, 0.4) is 0 Å². The standard InChI is InChI=1S/C20H17N3O3S/c1-12-6-4-5-7-15(12)18-21-22-20-23(18)19(24)17(27-20)10-13-8-9-14(25-2)11-16(13)26-3/h4-11H,1-3H3/b17-10+. The number of methoxy groups -OCH3 is 2. The van der Waals surface area contributed by atoms with E-state index in [1.54, 1.807) is 24.7 Å². The maximum Gasteiger partial charge on any atom is 0.276 e. The third-order valence-electron chi connectivity index (χ3n) is 4.36. The van der Waals surface area contributed by atoms with Crippen LogP contribution >= 0.6 is 11.3 Å². The monoisotopic (exact) mass is 379 g/mol. The van der Waals surface area contributed by atoms with Gasteiger partial charge in [0.2, 0.25) is 4.96 Å². The summed E-state index contributed by atoms with van der Waals surface area (Å²) in [6.07, 6.45) is 1.81. The lowest BCUT2D eigenvalue weighted by atomic mass is 10.1. The van der Waals surface area contributed by atoms with Gasteiger partial charge in [0.15, 0.2) is 5.82 Å². The fourth-order valence-electron chi connectivity index (χ4n) is 2.94. The molecule has 0 amide bonds. The third kappa shape index (κ3) is 2.96. The highest BCUT2D eigenvalue weighted by Crippen LogP contribution is 2.25. The van der Waals surface area contributed by atoms with Crippen LogP contribution in [0.15, 0.2) is 47.3 Å². The summed E-state index contributed by atoms with van der Waals surface area (Å²) in [7, 11) is 3.19. The Morgan fingerprint density at radius 1 is 1.07 bits per heavy atom. The Balaban J connectivity index is 1.91. The summed E-state index contributed by atoms with van der Waals surface area (Å²) in [6, 6.07) is 13.3. The minimum atomic E-state index is -0.142. The van der Waals surface area contributed by atoms with Crippen molar-refractivity contribution in [2.45, 2.75) is 6.92 Å². The molecule has 2 heterocycles. The van der Waals surface area contributed by atoms with Gasteiger partial charge < -0.3 is 9.47 Å². The molecule has 0 fully saturated rings. The van der Waals surface area contributed by atoms with E-state index in [-0.39, 0.29) is 5.56 Å². The molecule has 0 aliphatic heterocycles. The molecule has 136 valence electrons. The Labute approximate surface area is 159 Å². The van der Waals surface area contributed by atoms with E-state index >= 15 is 0 Å². The van der Waals surface area contributed by atoms with Crippen molar-refractivity contribution in [2.75, 3.05) is 14.2 Å². The van der Waals surface area contributed by atoms with Crippen LogP contribution in [0.1, 0.15) is 11.1 Å². The predicted molar refractivity (Wildman–Crippen MR) is 106 cm³/mol. The van der Waals surface area contributed by atoms with Gasteiger partial charge >= 0.3 is 0 Å². The van der Waals surface area contributed by atoms with Gasteiger partial charge in [-0.3, -0.25) is 4.79 Å². The van der Waals surface area contributed by atoms with Crippen molar-refractivity contribution in [3.8, 4) is 22.9 Å². The Morgan fingerprint density at radius 2 is 1.89 bits per heavy atom. The maximum absolute atomic E-state index is 13.0. The van der Waals surface area contributed by atoms with Gasteiger partial charge in [0.25, 0.3) is 5.56 Å². The lowest BCUT2D eigenvalue weighted by Crippen LogP contribution is -2.23. The lowest BCUT2D eigenvalue weighted by molar-refractivity contribution is 0.393. The van der Waals surface area contributed by atoms with Crippen LogP contribution in [0.5, 0.6) is 11.5 Å². The van der Waals surface area contributed by atoms with Crippen LogP contribution in [0.4, 0.5) is 0 Å². The van der Waals surface area contributed by atoms with Crippen molar-refractivity contribution in [3.63, 3.8) is 0 Å². The summed E-state index contributed by atoms with van der Waals surface area (Å²) < 4.78 is 12.8. The SMILES string of the molecule is COc1ccc(/C=c2/sc3nnc(-c4ccccc4C)n3c2=O)c(OC)c1. The molecule has 0 atom stereocenters. The van der Waals surface area contributed by atoms with Gasteiger partial charge in [0.1, 0.15) is 11.5 Å². The number of benzene rings is 2. The number of ether oxygens (including phenoxy) is 2. The summed E-state index contributed by atoms with van der Waals surface area (Å²) >= 11 is 1.30. The highest BCUT2D eigenvalue weighted by molar-refractivity contribution is 7.15. The molecule has 0 bridgehead atoms. The van der Waals surface area contributed by atoms with Crippen molar-refractivity contribution >= 4 is 22.4 Å². The van der Waals surface area contributed by atoms with Crippen LogP contribution in [0.25, 0.3) is 22.4 Å². The summed E-state index contributed by atoms with van der Waals surface area (Å²) in [6.45, 7) is 1.99. The van der Waals surface area contributed by atoms with Gasteiger partial charge in [0, 0.05) is 17.2 Å². The molecular weight excluding hydrogens is 362 g/mol. The molecular formula is C20H17N3O3S. The average Bonchev–Trinajstić information content (AvgIpc) is 3.23. The van der Waals surface area contributed by atoms with Crippen LogP contribution in [0.2, 0.25) is 0 Å². The molecule has 0 unspecified atom stereocenters. The first-order valence-electron chi connectivity index (χ1n) is 8.30. The van der Waals surface area contributed by atoms with E-state index < -0.39 is 0 Å². The average molecular weight is 379 g/mol. The number of rotatable bonds is 4. The van der Waals surface area contributed by atoms with E-state index in [0.29, 0.717) is 26.8 Å². The van der Waals surface area contributed by atoms with Crippen LogP contribution in [-0.4, -0.2) is 28.8 Å². The molecule has 0 aliphatic carbocycles. The van der Waals surface area contributed by atoms with E-state index in [1.165, 1.54) is 11.3 Å². The largest absolute Gasteiger partial charge is 0.497 e. The molecule has 2 aromatic heterocycles. The van der Waals surface area contributed by atoms with Gasteiger partial charge in [-0.2, -0.15) is 0 Å². The zero-order valence-electron chi connectivity index (χ0n) is 15.1. The molecule has 0 spiro atoms. The highest BCUT2D eigenvalue weighted by Gasteiger charge is 2.15. The van der Waals surface area contributed by atoms with Crippen LogP contribution < -0.4 is 19.6 Å². The van der Waals surface area contributed by atoms with Crippen molar-refractivity contribution < 1.29 is 9.47 Å². The van der Waals surface area contributed by atoms with Gasteiger partial charge in [-0.1, -0.05) is 35.6 Å². The molecule has 2 aromatic carbocycles. The van der Waals surface area contributed by atoms with E-state index in [1.807, 2.05) is 49.4 Å². The Hall–Kier alpha value is -3.19. The topological polar surface area (TPSA) is 65.7 Å². The third-order valence-corrected chi connectivity index (χ3v) is 5.32. The summed E-state index contributed by atoms with van der Waals surface area (Å²) in [5, 5.41) is 8.41. The summed E-state index contributed by atoms with van der Waals surface area (Å²) in [5.74, 6) is 1.89. The van der Waals surface area contributed by atoms with Gasteiger partial charge in [-0.05, 0) is 30.7 Å². The van der Waals surface area contributed by atoms with Gasteiger partial charge in [-0.25, -0.2) is 4.40 Å². The molecule has 0 radical (unpaired) electrons. The Bertz CT molecular complexity index is 1240. The van der Waals surface area contributed by atoms with Gasteiger partial charge in [-0.15, -0.1) is 10.2 Å².